The fourth-order valence-electron chi connectivity index (χ4n) is 5.04. The van der Waals surface area contributed by atoms with Crippen LogP contribution in [0, 0.1) is 0 Å². The van der Waals surface area contributed by atoms with Crippen LogP contribution in [0.4, 0.5) is 22.7 Å². The van der Waals surface area contributed by atoms with Crippen molar-refractivity contribution in [2.75, 3.05) is 81.1 Å². The van der Waals surface area contributed by atoms with E-state index in [1.54, 1.807) is 0 Å². The molecule has 0 amide bonds. The predicted molar refractivity (Wildman–Crippen MR) is 203 cm³/mol. The zero-order chi connectivity index (χ0) is 31.4. The van der Waals surface area contributed by atoms with Gasteiger partial charge in [-0.1, -0.05) is 60.3 Å². The maximum Gasteiger partial charge on any atom is 0.0548 e. The molecule has 0 N–H and O–H groups in total. The molecule has 1 aliphatic rings. The van der Waals surface area contributed by atoms with Crippen molar-refractivity contribution in [3.63, 3.8) is 0 Å². The summed E-state index contributed by atoms with van der Waals surface area (Å²) in [4.78, 5) is 8.61. The molecule has 4 nitrogen and oxygen atoms in total. The highest BCUT2D eigenvalue weighted by Crippen LogP contribution is 2.55. The highest BCUT2D eigenvalue weighted by molar-refractivity contribution is 8.39. The number of benzene rings is 4. The summed E-state index contributed by atoms with van der Waals surface area (Å²) in [6.07, 6.45) is 0. The van der Waals surface area contributed by atoms with E-state index in [2.05, 4.69) is 173 Å². The number of rotatable bonds is 8. The minimum atomic E-state index is 0.960. The minimum Gasteiger partial charge on any atom is -0.378 e. The Balaban J connectivity index is 1.67. The molecular weight excluding hydrogens is 597 g/mol. The number of nitrogens with zero attached hydrogens (tertiary/aromatic N) is 4. The average Bonchev–Trinajstić information content (AvgIpc) is 3.02. The molecule has 1 heterocycles. The fraction of sp³-hybridized carbons (Fsp3) is 0.243. The van der Waals surface area contributed by atoms with Gasteiger partial charge < -0.3 is 19.6 Å². The third kappa shape index (κ3) is 7.28. The van der Waals surface area contributed by atoms with Crippen molar-refractivity contribution >= 4 is 69.2 Å². The van der Waals surface area contributed by atoms with E-state index in [0.717, 1.165) is 5.08 Å². The lowest BCUT2D eigenvalue weighted by atomic mass is 9.98. The van der Waals surface area contributed by atoms with Gasteiger partial charge in [0.05, 0.1) is 8.47 Å². The van der Waals surface area contributed by atoms with Crippen LogP contribution in [0.25, 0.3) is 11.1 Å². The van der Waals surface area contributed by atoms with E-state index in [1.165, 1.54) is 64.6 Å². The van der Waals surface area contributed by atoms with Crippen molar-refractivity contribution < 1.29 is 0 Å². The Bertz CT molecular complexity index is 1390. The van der Waals surface area contributed by atoms with Crippen LogP contribution in [0.15, 0.2) is 106 Å². The Morgan fingerprint density at radius 1 is 0.386 bits per heavy atom. The summed E-state index contributed by atoms with van der Waals surface area (Å²) in [7, 11) is 16.7. The van der Waals surface area contributed by atoms with Gasteiger partial charge in [-0.05, 0) is 70.8 Å². The molecule has 0 aliphatic carbocycles. The monoisotopic (exact) mass is 638 g/mol. The summed E-state index contributed by atoms with van der Waals surface area (Å²) < 4.78 is 2.67. The molecule has 0 radical (unpaired) electrons. The lowest BCUT2D eigenvalue weighted by molar-refractivity contribution is 1.13. The van der Waals surface area contributed by atoms with Gasteiger partial charge in [-0.2, -0.15) is 0 Å². The lowest BCUT2D eigenvalue weighted by Gasteiger charge is -2.25. The number of thioether (sulfide) groups is 3. The Labute approximate surface area is 276 Å². The first-order chi connectivity index (χ1) is 21.1. The summed E-state index contributed by atoms with van der Waals surface area (Å²) in [6.45, 7) is 0. The maximum atomic E-state index is 2.27. The standard InChI is InChI=1S/C37H42N4S3/c1-38(2)30-17-9-26(10-18-30)34(27-11-19-31(20-12-27)39(3)4)36-42-25-43-37(44-36)35(28-13-21-32(22-14-28)40(5)6)29-15-23-33(24-16-29)41(7)8/h9-24H,25H2,1-8H3. The SMILES string of the molecule is CN(C)c1ccc(C(=C2SCSC(=C(c3ccc(N(C)C)cc3)c3ccc(N(C)C)cc3)S2)c2ccc(N(C)C)cc2)cc1. The molecule has 7 heteroatoms. The van der Waals surface area contributed by atoms with Crippen molar-refractivity contribution in [2.45, 2.75) is 0 Å². The number of hydrogen-bond donors (Lipinski definition) is 0. The second-order valence-corrected chi connectivity index (χ2v) is 15.5. The van der Waals surface area contributed by atoms with Gasteiger partial charge in [0, 0.05) is 95.4 Å². The van der Waals surface area contributed by atoms with Crippen LogP contribution >= 0.6 is 35.3 Å². The van der Waals surface area contributed by atoms with Crippen LogP contribution in [0.3, 0.4) is 0 Å². The van der Waals surface area contributed by atoms with Gasteiger partial charge in [-0.15, -0.1) is 23.5 Å². The normalized spacial score (nSPS) is 13.0. The molecule has 0 saturated carbocycles. The first-order valence-electron chi connectivity index (χ1n) is 14.7. The Morgan fingerprint density at radius 3 is 0.818 bits per heavy atom. The topological polar surface area (TPSA) is 13.0 Å². The summed E-state index contributed by atoms with van der Waals surface area (Å²) in [5, 5.41) is 0.960. The summed E-state index contributed by atoms with van der Waals surface area (Å²) in [5.41, 5.74) is 12.3. The molecule has 5 rings (SSSR count). The first kappa shape index (κ1) is 32.0. The predicted octanol–water partition coefficient (Wildman–Crippen LogP) is 9.26. The van der Waals surface area contributed by atoms with Crippen LogP contribution in [0.1, 0.15) is 22.3 Å². The second kappa shape index (κ2) is 14.1. The van der Waals surface area contributed by atoms with Gasteiger partial charge in [-0.25, -0.2) is 0 Å². The maximum absolute atomic E-state index is 2.27. The molecule has 0 aromatic heterocycles. The largest absolute Gasteiger partial charge is 0.378 e. The third-order valence-electron chi connectivity index (χ3n) is 7.66. The van der Waals surface area contributed by atoms with Crippen molar-refractivity contribution in [3.8, 4) is 0 Å². The molecular formula is C37H42N4S3. The molecule has 228 valence electrons. The average molecular weight is 639 g/mol. The van der Waals surface area contributed by atoms with Crippen molar-refractivity contribution in [3.05, 3.63) is 128 Å². The molecule has 1 fully saturated rings. The van der Waals surface area contributed by atoms with Crippen LogP contribution < -0.4 is 19.6 Å². The number of anilines is 4. The molecule has 0 atom stereocenters. The summed E-state index contributed by atoms with van der Waals surface area (Å²) in [6, 6.07) is 35.9. The van der Waals surface area contributed by atoms with Gasteiger partial charge in [0.2, 0.25) is 0 Å². The molecule has 0 spiro atoms. The van der Waals surface area contributed by atoms with Crippen LogP contribution in [-0.2, 0) is 0 Å². The van der Waals surface area contributed by atoms with Gasteiger partial charge >= 0.3 is 0 Å². The highest BCUT2D eigenvalue weighted by Gasteiger charge is 2.24. The van der Waals surface area contributed by atoms with Crippen LogP contribution in [0.5, 0.6) is 0 Å². The van der Waals surface area contributed by atoms with E-state index >= 15 is 0 Å². The first-order valence-corrected chi connectivity index (χ1v) is 17.4. The van der Waals surface area contributed by atoms with Gasteiger partial charge in [0.25, 0.3) is 0 Å². The smallest absolute Gasteiger partial charge is 0.0548 e. The van der Waals surface area contributed by atoms with Gasteiger partial charge in [0.15, 0.2) is 0 Å². The summed E-state index contributed by atoms with van der Waals surface area (Å²) >= 11 is 5.80. The third-order valence-corrected chi connectivity index (χ3v) is 11.5. The fourth-order valence-corrected chi connectivity index (χ4v) is 9.73. The van der Waals surface area contributed by atoms with E-state index in [0.29, 0.717) is 0 Å². The molecule has 1 aliphatic heterocycles. The van der Waals surface area contributed by atoms with Crippen molar-refractivity contribution in [2.24, 2.45) is 0 Å². The van der Waals surface area contributed by atoms with E-state index in [9.17, 15) is 0 Å². The van der Waals surface area contributed by atoms with Crippen molar-refractivity contribution in [1.82, 2.24) is 0 Å². The highest BCUT2D eigenvalue weighted by atomic mass is 32.3. The Hall–Kier alpha value is -3.39. The molecule has 1 saturated heterocycles. The lowest BCUT2D eigenvalue weighted by Crippen LogP contribution is -2.09. The number of hydrogen-bond acceptors (Lipinski definition) is 7. The van der Waals surface area contributed by atoms with Crippen LogP contribution in [-0.4, -0.2) is 61.5 Å². The van der Waals surface area contributed by atoms with E-state index in [4.69, 9.17) is 0 Å². The zero-order valence-electron chi connectivity index (χ0n) is 27.0. The molecule has 0 unspecified atom stereocenters. The zero-order valence-corrected chi connectivity index (χ0v) is 29.4. The Morgan fingerprint density at radius 2 is 0.614 bits per heavy atom. The quantitative estimate of drug-likeness (QED) is 0.188. The van der Waals surface area contributed by atoms with Gasteiger partial charge in [-0.3, -0.25) is 0 Å². The Kier molecular flexibility index (Phi) is 10.3. The summed E-state index contributed by atoms with van der Waals surface area (Å²) in [5.74, 6) is 0. The van der Waals surface area contributed by atoms with E-state index in [-0.39, 0.29) is 0 Å². The minimum absolute atomic E-state index is 0.960. The van der Waals surface area contributed by atoms with E-state index < -0.39 is 0 Å². The van der Waals surface area contributed by atoms with Crippen LogP contribution in [0.2, 0.25) is 0 Å². The molecule has 4 aromatic rings. The molecule has 44 heavy (non-hydrogen) atoms. The van der Waals surface area contributed by atoms with Gasteiger partial charge in [0.1, 0.15) is 0 Å². The van der Waals surface area contributed by atoms with E-state index in [1.807, 2.05) is 35.3 Å². The van der Waals surface area contributed by atoms with Crippen molar-refractivity contribution in [1.29, 1.82) is 0 Å². The molecule has 4 aromatic carbocycles. The molecule has 0 bridgehead atoms. The second-order valence-electron chi connectivity index (χ2n) is 11.6.